The number of thiophene rings is 1. The van der Waals surface area contributed by atoms with Crippen molar-refractivity contribution in [2.45, 2.75) is 19.2 Å². The fourth-order valence-electron chi connectivity index (χ4n) is 3.73. The summed E-state index contributed by atoms with van der Waals surface area (Å²) in [6.07, 6.45) is 0.875. The van der Waals surface area contributed by atoms with E-state index in [9.17, 15) is 14.7 Å². The molecule has 0 spiro atoms. The molecule has 1 unspecified atom stereocenters. The fraction of sp³-hybridized carbons (Fsp3) is 0.231. The van der Waals surface area contributed by atoms with Gasteiger partial charge in [-0.3, -0.25) is 9.59 Å². The Morgan fingerprint density at radius 2 is 1.94 bits per heavy atom. The average Bonchev–Trinajstić information content (AvgIpc) is 3.31. The summed E-state index contributed by atoms with van der Waals surface area (Å²) >= 11 is 7.25. The molecule has 182 valence electrons. The number of carbonyl (C=O) groups excluding carboxylic acids is 1. The topological polar surface area (TPSA) is 92.6 Å². The molecule has 2 aromatic carbocycles. The predicted molar refractivity (Wildman–Crippen MR) is 139 cm³/mol. The van der Waals surface area contributed by atoms with Crippen molar-refractivity contribution in [1.29, 1.82) is 0 Å². The predicted octanol–water partition coefficient (Wildman–Crippen LogP) is 4.02. The number of nitrogens with one attached hydrogen (secondary N) is 2. The van der Waals surface area contributed by atoms with Gasteiger partial charge in [-0.2, -0.15) is 0 Å². The van der Waals surface area contributed by atoms with Crippen molar-refractivity contribution >= 4 is 39.1 Å². The molecule has 2 heterocycles. The maximum absolute atomic E-state index is 13.1. The molecule has 4 aromatic rings. The number of fused-ring (bicyclic) bond motifs is 1. The van der Waals surface area contributed by atoms with Crippen LogP contribution in [0.25, 0.3) is 10.2 Å². The standard InChI is InChI=1S/C26H26ClN3O4S/c1-30-15-21(26(33)29-12-16-6-8-18(27)9-7-16)24(32)25-22(30)11-20(35-25)13-28-14-23(31)17-4-3-5-19(10-17)34-2/h3-11,15,23,28,31H,12-14H2,1-2H3,(H,29,33). The molecular weight excluding hydrogens is 486 g/mol. The molecule has 9 heteroatoms. The van der Waals surface area contributed by atoms with Gasteiger partial charge in [-0.05, 0) is 41.5 Å². The van der Waals surface area contributed by atoms with Crippen LogP contribution in [0.2, 0.25) is 5.02 Å². The van der Waals surface area contributed by atoms with Crippen LogP contribution >= 0.6 is 22.9 Å². The van der Waals surface area contributed by atoms with Crippen molar-refractivity contribution in [2.24, 2.45) is 7.05 Å². The first-order chi connectivity index (χ1) is 16.9. The molecule has 1 amide bonds. The SMILES string of the molecule is COc1cccc(C(O)CNCc2cc3c(s2)c(=O)c(C(=O)NCc2ccc(Cl)cc2)cn3C)c1. The summed E-state index contributed by atoms with van der Waals surface area (Å²) in [5.74, 6) is 0.270. The van der Waals surface area contributed by atoms with Crippen LogP contribution < -0.4 is 20.8 Å². The van der Waals surface area contributed by atoms with Gasteiger partial charge in [0.25, 0.3) is 5.91 Å². The first-order valence-corrected chi connectivity index (χ1v) is 12.2. The van der Waals surface area contributed by atoms with Crippen molar-refractivity contribution in [3.63, 3.8) is 0 Å². The van der Waals surface area contributed by atoms with Crippen LogP contribution in [0, 0.1) is 0 Å². The van der Waals surface area contributed by atoms with E-state index in [2.05, 4.69) is 10.6 Å². The molecule has 0 saturated carbocycles. The number of nitrogens with zero attached hydrogens (tertiary/aromatic N) is 1. The van der Waals surface area contributed by atoms with Crippen molar-refractivity contribution in [2.75, 3.05) is 13.7 Å². The van der Waals surface area contributed by atoms with Gasteiger partial charge < -0.3 is 25.0 Å². The maximum atomic E-state index is 13.1. The summed E-state index contributed by atoms with van der Waals surface area (Å²) in [5.41, 5.74) is 2.22. The highest BCUT2D eigenvalue weighted by atomic mass is 35.5. The van der Waals surface area contributed by atoms with Gasteiger partial charge in [0.2, 0.25) is 5.43 Å². The third-order valence-corrected chi connectivity index (χ3v) is 7.02. The maximum Gasteiger partial charge on any atom is 0.257 e. The number of aliphatic hydroxyl groups is 1. The largest absolute Gasteiger partial charge is 0.497 e. The zero-order chi connectivity index (χ0) is 24.9. The molecule has 3 N–H and O–H groups in total. The first kappa shape index (κ1) is 24.9. The lowest BCUT2D eigenvalue weighted by Crippen LogP contribution is -2.29. The Morgan fingerprint density at radius 3 is 2.69 bits per heavy atom. The molecule has 1 atom stereocenters. The summed E-state index contributed by atoms with van der Waals surface area (Å²) < 4.78 is 7.52. The van der Waals surface area contributed by atoms with E-state index in [4.69, 9.17) is 16.3 Å². The van der Waals surface area contributed by atoms with Crippen molar-refractivity contribution in [1.82, 2.24) is 15.2 Å². The van der Waals surface area contributed by atoms with E-state index in [-0.39, 0.29) is 11.0 Å². The lowest BCUT2D eigenvalue weighted by Gasteiger charge is -2.12. The molecule has 0 aliphatic carbocycles. The number of halogens is 1. The van der Waals surface area contributed by atoms with Gasteiger partial charge in [0, 0.05) is 42.8 Å². The number of rotatable bonds is 9. The third kappa shape index (κ3) is 5.91. The van der Waals surface area contributed by atoms with Gasteiger partial charge >= 0.3 is 0 Å². The van der Waals surface area contributed by atoms with Crippen molar-refractivity contribution < 1.29 is 14.6 Å². The number of aromatic nitrogens is 1. The van der Waals surface area contributed by atoms with E-state index in [0.717, 1.165) is 21.5 Å². The van der Waals surface area contributed by atoms with Crippen LogP contribution in [0.5, 0.6) is 5.75 Å². The quantitative estimate of drug-likeness (QED) is 0.316. The monoisotopic (exact) mass is 511 g/mol. The number of benzene rings is 2. The number of hydrogen-bond donors (Lipinski definition) is 3. The first-order valence-electron chi connectivity index (χ1n) is 11.0. The molecule has 35 heavy (non-hydrogen) atoms. The smallest absolute Gasteiger partial charge is 0.257 e. The Kier molecular flexibility index (Phi) is 7.87. The fourth-order valence-corrected chi connectivity index (χ4v) is 4.97. The van der Waals surface area contributed by atoms with Crippen LogP contribution in [0.1, 0.15) is 32.5 Å². The summed E-state index contributed by atoms with van der Waals surface area (Å²) in [4.78, 5) is 26.7. The summed E-state index contributed by atoms with van der Waals surface area (Å²) in [6.45, 7) is 1.13. The number of aliphatic hydroxyl groups excluding tert-OH is 1. The van der Waals surface area contributed by atoms with E-state index in [0.29, 0.717) is 35.1 Å². The Hall–Kier alpha value is -3.17. The molecule has 7 nitrogen and oxygen atoms in total. The number of ether oxygens (including phenoxy) is 1. The molecule has 0 radical (unpaired) electrons. The van der Waals surface area contributed by atoms with Crippen LogP contribution in [0.3, 0.4) is 0 Å². The lowest BCUT2D eigenvalue weighted by molar-refractivity contribution is 0.0949. The van der Waals surface area contributed by atoms with Crippen molar-refractivity contribution in [3.8, 4) is 5.75 Å². The van der Waals surface area contributed by atoms with Crippen LogP contribution in [0.4, 0.5) is 0 Å². The zero-order valence-electron chi connectivity index (χ0n) is 19.4. The highest BCUT2D eigenvalue weighted by molar-refractivity contribution is 7.19. The minimum atomic E-state index is -0.693. The zero-order valence-corrected chi connectivity index (χ0v) is 20.9. The summed E-state index contributed by atoms with van der Waals surface area (Å²) in [6, 6.07) is 16.4. The van der Waals surface area contributed by atoms with E-state index < -0.39 is 12.0 Å². The lowest BCUT2D eigenvalue weighted by atomic mass is 10.1. The van der Waals surface area contributed by atoms with Gasteiger partial charge in [0.05, 0.1) is 23.4 Å². The second kappa shape index (κ2) is 11.0. The molecule has 0 saturated heterocycles. The number of carbonyl (C=O) groups is 1. The van der Waals surface area contributed by atoms with Gasteiger partial charge in [-0.25, -0.2) is 0 Å². The molecule has 4 rings (SSSR count). The highest BCUT2D eigenvalue weighted by Gasteiger charge is 2.17. The summed E-state index contributed by atoms with van der Waals surface area (Å²) in [5, 5.41) is 17.1. The van der Waals surface area contributed by atoms with E-state index in [1.54, 1.807) is 36.1 Å². The van der Waals surface area contributed by atoms with Gasteiger partial charge in [-0.15, -0.1) is 11.3 Å². The molecule has 0 aliphatic heterocycles. The second-order valence-electron chi connectivity index (χ2n) is 8.14. The minimum Gasteiger partial charge on any atom is -0.497 e. The van der Waals surface area contributed by atoms with Gasteiger partial charge in [0.15, 0.2) is 0 Å². The summed E-state index contributed by atoms with van der Waals surface area (Å²) in [7, 11) is 3.40. The van der Waals surface area contributed by atoms with Crippen molar-refractivity contribution in [3.05, 3.63) is 97.6 Å². The number of hydrogen-bond acceptors (Lipinski definition) is 6. The van der Waals surface area contributed by atoms with E-state index in [1.807, 2.05) is 43.4 Å². The Morgan fingerprint density at radius 1 is 1.17 bits per heavy atom. The molecule has 0 fully saturated rings. The number of aryl methyl sites for hydroxylation is 1. The average molecular weight is 512 g/mol. The Balaban J connectivity index is 1.43. The Bertz CT molecular complexity index is 1400. The normalized spacial score (nSPS) is 12.0. The minimum absolute atomic E-state index is 0.101. The van der Waals surface area contributed by atoms with Crippen LogP contribution in [-0.4, -0.2) is 29.2 Å². The number of methoxy groups -OCH3 is 1. The van der Waals surface area contributed by atoms with Crippen LogP contribution in [0.15, 0.2) is 65.6 Å². The number of pyridine rings is 1. The van der Waals surface area contributed by atoms with E-state index in [1.165, 1.54) is 11.3 Å². The molecule has 2 aromatic heterocycles. The Labute approximate surface area is 211 Å². The second-order valence-corrected chi connectivity index (χ2v) is 9.72. The van der Waals surface area contributed by atoms with Crippen LogP contribution in [-0.2, 0) is 20.1 Å². The van der Waals surface area contributed by atoms with Gasteiger partial charge in [-0.1, -0.05) is 35.9 Å². The molecular formula is C26H26ClN3O4S. The number of amides is 1. The molecule has 0 bridgehead atoms. The van der Waals surface area contributed by atoms with E-state index >= 15 is 0 Å². The van der Waals surface area contributed by atoms with Gasteiger partial charge in [0.1, 0.15) is 11.3 Å². The molecule has 0 aliphatic rings. The third-order valence-electron chi connectivity index (χ3n) is 5.64. The highest BCUT2D eigenvalue weighted by Crippen LogP contribution is 2.24.